The number of aliphatic carboxylic acids is 1. The number of aromatic carboxylic acids is 1. The molecule has 2 aliphatic rings. The smallest absolute Gasteiger partial charge is 0.522 e. The summed E-state index contributed by atoms with van der Waals surface area (Å²) >= 11 is 0. The molecule has 1 aromatic carbocycles. The molecule has 0 unspecified atom stereocenters. The van der Waals surface area contributed by atoms with Crippen molar-refractivity contribution < 1.29 is 43.8 Å². The van der Waals surface area contributed by atoms with Gasteiger partial charge in [0.1, 0.15) is 29.2 Å². The van der Waals surface area contributed by atoms with E-state index in [-0.39, 0.29) is 30.2 Å². The van der Waals surface area contributed by atoms with Gasteiger partial charge in [0.2, 0.25) is 11.8 Å². The van der Waals surface area contributed by atoms with E-state index in [1.54, 1.807) is 6.07 Å². The Morgan fingerprint density at radius 1 is 1.31 bits per heavy atom. The number of aryl methyl sites for hydroxylation is 1. The Morgan fingerprint density at radius 2 is 2.00 bits per heavy atom. The Morgan fingerprint density at radius 3 is 2.62 bits per heavy atom. The van der Waals surface area contributed by atoms with Crippen LogP contribution in [-0.4, -0.2) is 82.3 Å². The van der Waals surface area contributed by atoms with E-state index in [9.17, 15) is 29.3 Å². The molecule has 0 aromatic heterocycles. The van der Waals surface area contributed by atoms with Gasteiger partial charge in [-0.1, -0.05) is 6.07 Å². The number of nitrogens with zero attached hydrogens (tertiary/aromatic N) is 1. The van der Waals surface area contributed by atoms with Crippen LogP contribution < -0.4 is 20.4 Å². The zero-order chi connectivity index (χ0) is 23.6. The van der Waals surface area contributed by atoms with Crippen molar-refractivity contribution in [2.75, 3.05) is 13.1 Å². The Labute approximate surface area is 183 Å². The summed E-state index contributed by atoms with van der Waals surface area (Å²) in [4.78, 5) is 48.2. The molecule has 1 aromatic rings. The van der Waals surface area contributed by atoms with E-state index >= 15 is 0 Å². The minimum Gasteiger partial charge on any atom is -0.535 e. The summed E-state index contributed by atoms with van der Waals surface area (Å²) in [5.74, 6) is -3.48. The Kier molecular flexibility index (Phi) is 6.89. The molecule has 32 heavy (non-hydrogen) atoms. The van der Waals surface area contributed by atoms with Gasteiger partial charge < -0.3 is 40.6 Å². The first-order valence-electron chi connectivity index (χ1n) is 10.0. The Balaban J connectivity index is 1.58. The van der Waals surface area contributed by atoms with E-state index in [1.807, 2.05) is 0 Å². The summed E-state index contributed by atoms with van der Waals surface area (Å²) in [6, 6.07) is 1.02. The van der Waals surface area contributed by atoms with Crippen LogP contribution in [0, 0.1) is 0 Å². The molecule has 12 nitrogen and oxygen atoms in total. The molecule has 2 atom stereocenters. The molecule has 2 heterocycles. The van der Waals surface area contributed by atoms with Gasteiger partial charge in [0.05, 0.1) is 25.6 Å². The fourth-order valence-electron chi connectivity index (χ4n) is 3.52. The van der Waals surface area contributed by atoms with Gasteiger partial charge in [0.25, 0.3) is 0 Å². The topological polar surface area (TPSA) is 189 Å². The molecule has 0 spiro atoms. The van der Waals surface area contributed by atoms with Crippen molar-refractivity contribution >= 4 is 30.9 Å². The van der Waals surface area contributed by atoms with E-state index in [0.29, 0.717) is 18.3 Å². The van der Waals surface area contributed by atoms with Crippen molar-refractivity contribution in [2.45, 2.75) is 44.3 Å². The molecule has 1 fully saturated rings. The lowest BCUT2D eigenvalue weighted by atomic mass is 9.78. The van der Waals surface area contributed by atoms with Crippen molar-refractivity contribution in [3.63, 3.8) is 0 Å². The van der Waals surface area contributed by atoms with E-state index in [1.165, 1.54) is 17.9 Å². The highest BCUT2D eigenvalue weighted by molar-refractivity contribution is 6.44. The van der Waals surface area contributed by atoms with Crippen LogP contribution in [0.2, 0.25) is 6.32 Å². The lowest BCUT2D eigenvalue weighted by Gasteiger charge is -2.40. The molecule has 0 saturated carbocycles. The number of ether oxygens (including phenoxy) is 1. The van der Waals surface area contributed by atoms with Crippen LogP contribution >= 0.6 is 0 Å². The highest BCUT2D eigenvalue weighted by Gasteiger charge is 2.37. The van der Waals surface area contributed by atoms with Crippen LogP contribution in [0.1, 0.15) is 29.3 Å². The summed E-state index contributed by atoms with van der Waals surface area (Å²) in [5.41, 5.74) is 5.96. The lowest BCUT2D eigenvalue weighted by molar-refractivity contribution is -0.144. The molecule has 1 saturated heterocycles. The van der Waals surface area contributed by atoms with Crippen LogP contribution in [-0.2, 0) is 20.8 Å². The van der Waals surface area contributed by atoms with Gasteiger partial charge in [-0.3, -0.25) is 14.4 Å². The summed E-state index contributed by atoms with van der Waals surface area (Å²) < 4.78 is 11.1. The number of hydrogen-bond acceptors (Lipinski definition) is 8. The van der Waals surface area contributed by atoms with E-state index < -0.39 is 55.5 Å². The van der Waals surface area contributed by atoms with Gasteiger partial charge in [-0.25, -0.2) is 4.79 Å². The minimum atomic E-state index is -1.27. The summed E-state index contributed by atoms with van der Waals surface area (Å²) in [6.45, 7) is 1.79. The molecule has 0 bridgehead atoms. The normalized spacial score (nSPS) is 17.3. The van der Waals surface area contributed by atoms with Crippen LogP contribution in [0.5, 0.6) is 11.5 Å². The predicted molar refractivity (Wildman–Crippen MR) is 109 cm³/mol. The van der Waals surface area contributed by atoms with Crippen molar-refractivity contribution in [3.8, 4) is 11.5 Å². The Hall–Kier alpha value is -3.32. The quantitative estimate of drug-likeness (QED) is 0.298. The average molecular weight is 449 g/mol. The molecular weight excluding hydrogens is 425 g/mol. The number of likely N-dealkylation sites (tertiary alicyclic amines) is 1. The summed E-state index contributed by atoms with van der Waals surface area (Å²) in [7, 11) is -1.09. The van der Waals surface area contributed by atoms with Crippen molar-refractivity contribution in [1.82, 2.24) is 10.2 Å². The van der Waals surface area contributed by atoms with Crippen molar-refractivity contribution in [3.05, 3.63) is 23.3 Å². The second-order valence-electron chi connectivity index (χ2n) is 7.76. The number of nitrogens with one attached hydrogen (secondary N) is 1. The average Bonchev–Trinajstić information content (AvgIpc) is 2.68. The second-order valence-corrected chi connectivity index (χ2v) is 7.76. The maximum Gasteiger partial charge on any atom is 0.522 e. The fourth-order valence-corrected chi connectivity index (χ4v) is 3.52. The number of carbonyl (C=O) groups excluding carboxylic acids is 2. The number of carbonyl (C=O) groups is 4. The van der Waals surface area contributed by atoms with Crippen LogP contribution in [0.25, 0.3) is 0 Å². The number of hydrogen-bond donors (Lipinski definition) is 5. The third-order valence-electron chi connectivity index (χ3n) is 5.24. The number of carboxylic acids is 2. The van der Waals surface area contributed by atoms with Crippen molar-refractivity contribution in [2.24, 2.45) is 5.73 Å². The first kappa shape index (κ1) is 23.4. The SMILES string of the molecule is C[C@@H](NC(=O)[C@H](N)CC(=O)O)C(=O)N1CC(Oc2ccc3c(c2C(=O)O)OB(O)CC3)C1. The maximum absolute atomic E-state index is 12.5. The molecule has 6 N–H and O–H groups in total. The van der Waals surface area contributed by atoms with Gasteiger partial charge in [-0.2, -0.15) is 0 Å². The van der Waals surface area contributed by atoms with Gasteiger partial charge >= 0.3 is 19.1 Å². The summed E-state index contributed by atoms with van der Waals surface area (Å²) in [6.07, 6.45) is -0.190. The first-order valence-corrected chi connectivity index (χ1v) is 10.0. The van der Waals surface area contributed by atoms with Gasteiger partial charge in [-0.05, 0) is 31.3 Å². The zero-order valence-electron chi connectivity index (χ0n) is 17.3. The van der Waals surface area contributed by atoms with E-state index in [4.69, 9.17) is 20.2 Å². The van der Waals surface area contributed by atoms with Crippen LogP contribution in [0.3, 0.4) is 0 Å². The highest BCUT2D eigenvalue weighted by atomic mass is 16.5. The number of fused-ring (bicyclic) bond motifs is 1. The molecule has 3 rings (SSSR count). The van der Waals surface area contributed by atoms with Crippen LogP contribution in [0.15, 0.2) is 12.1 Å². The van der Waals surface area contributed by atoms with Crippen molar-refractivity contribution in [1.29, 1.82) is 0 Å². The third-order valence-corrected chi connectivity index (χ3v) is 5.24. The highest BCUT2D eigenvalue weighted by Crippen LogP contribution is 2.37. The molecule has 2 aliphatic heterocycles. The molecule has 2 amide bonds. The maximum atomic E-state index is 12.5. The molecular formula is C19H24BN3O9. The zero-order valence-corrected chi connectivity index (χ0v) is 17.3. The first-order chi connectivity index (χ1) is 15.1. The third kappa shape index (κ3) is 5.11. The number of rotatable bonds is 8. The lowest BCUT2D eigenvalue weighted by Crippen LogP contribution is -2.61. The van der Waals surface area contributed by atoms with Gasteiger partial charge in [-0.15, -0.1) is 0 Å². The number of nitrogens with two attached hydrogens (primary N) is 1. The molecule has 172 valence electrons. The second kappa shape index (κ2) is 9.45. The monoisotopic (exact) mass is 449 g/mol. The van der Waals surface area contributed by atoms with E-state index in [2.05, 4.69) is 5.32 Å². The van der Waals surface area contributed by atoms with Gasteiger partial charge in [0, 0.05) is 0 Å². The standard InChI is InChI=1S/C19H24BN3O9/c1-9(22-17(26)12(21)6-14(24)25)18(27)23-7-11(8-23)31-13-3-2-10-4-5-20(30)32-16(10)15(13)19(28)29/h2-3,9,11-12,30H,4-8,21H2,1H3,(H,22,26)(H,24,25)(H,28,29)/t9-,12-/m1/s1. The van der Waals surface area contributed by atoms with E-state index in [0.717, 1.165) is 0 Å². The largest absolute Gasteiger partial charge is 0.535 e. The Bertz CT molecular complexity index is 935. The number of benzene rings is 1. The number of amides is 2. The van der Waals surface area contributed by atoms with Crippen LogP contribution in [0.4, 0.5) is 0 Å². The number of carboxylic acid groups (broad SMARTS) is 2. The molecule has 0 radical (unpaired) electrons. The minimum absolute atomic E-state index is 0.0726. The fraction of sp³-hybridized carbons (Fsp3) is 0.474. The molecule has 13 heteroatoms. The predicted octanol–water partition coefficient (Wildman–Crippen LogP) is -1.30. The molecule has 0 aliphatic carbocycles. The van der Waals surface area contributed by atoms with Gasteiger partial charge in [0.15, 0.2) is 0 Å². The summed E-state index contributed by atoms with van der Waals surface area (Å²) in [5, 5.41) is 30.4.